The summed E-state index contributed by atoms with van der Waals surface area (Å²) in [5, 5.41) is 13.7. The van der Waals surface area contributed by atoms with Gasteiger partial charge >= 0.3 is 5.97 Å². The second-order valence-corrected chi connectivity index (χ2v) is 7.20. The highest BCUT2D eigenvalue weighted by Gasteiger charge is 2.12. The van der Waals surface area contributed by atoms with Crippen molar-refractivity contribution in [2.75, 3.05) is 11.9 Å². The molecule has 6 nitrogen and oxygen atoms in total. The van der Waals surface area contributed by atoms with E-state index in [-0.39, 0.29) is 18.2 Å². The van der Waals surface area contributed by atoms with E-state index in [1.807, 2.05) is 13.0 Å². The van der Waals surface area contributed by atoms with Gasteiger partial charge in [-0.15, -0.1) is 11.3 Å². The van der Waals surface area contributed by atoms with Crippen molar-refractivity contribution in [1.29, 1.82) is 0 Å². The molecule has 0 atom stereocenters. The van der Waals surface area contributed by atoms with Gasteiger partial charge in [0.25, 0.3) is 5.91 Å². The fraction of sp³-hybridized carbons (Fsp3) is 0.316. The van der Waals surface area contributed by atoms with Gasteiger partial charge < -0.3 is 15.7 Å². The molecule has 138 valence electrons. The molecule has 0 aliphatic carbocycles. The molecule has 0 unspecified atom stereocenters. The molecule has 7 heteroatoms. The minimum Gasteiger partial charge on any atom is -0.480 e. The predicted octanol–water partition coefficient (Wildman–Crippen LogP) is 3.00. The van der Waals surface area contributed by atoms with Crippen LogP contribution >= 0.6 is 11.3 Å². The summed E-state index contributed by atoms with van der Waals surface area (Å²) in [5.74, 6) is -1.59. The Morgan fingerprint density at radius 1 is 1.15 bits per heavy atom. The summed E-state index contributed by atoms with van der Waals surface area (Å²) < 4.78 is 0. The third kappa shape index (κ3) is 5.70. The molecule has 2 aromatic rings. The molecule has 0 radical (unpaired) electrons. The number of rotatable bonds is 8. The van der Waals surface area contributed by atoms with E-state index >= 15 is 0 Å². The van der Waals surface area contributed by atoms with Crippen molar-refractivity contribution in [3.63, 3.8) is 0 Å². The van der Waals surface area contributed by atoms with Crippen molar-refractivity contribution < 1.29 is 19.5 Å². The summed E-state index contributed by atoms with van der Waals surface area (Å²) in [7, 11) is 0. The van der Waals surface area contributed by atoms with Gasteiger partial charge in [0.05, 0.1) is 11.3 Å². The number of aryl methyl sites for hydroxylation is 2. The highest BCUT2D eigenvalue weighted by molar-refractivity contribution is 7.14. The number of carboxylic acid groups (broad SMARTS) is 1. The lowest BCUT2D eigenvalue weighted by Crippen LogP contribution is -2.30. The van der Waals surface area contributed by atoms with E-state index < -0.39 is 12.5 Å². The molecule has 1 aromatic heterocycles. The van der Waals surface area contributed by atoms with Gasteiger partial charge in [-0.2, -0.15) is 0 Å². The Morgan fingerprint density at radius 2 is 1.85 bits per heavy atom. The number of carboxylic acids is 1. The number of carbonyl (C=O) groups excluding carboxylic acids is 2. The lowest BCUT2D eigenvalue weighted by Gasteiger charge is -2.06. The number of anilines is 1. The summed E-state index contributed by atoms with van der Waals surface area (Å²) in [4.78, 5) is 36.3. The maximum Gasteiger partial charge on any atom is 0.322 e. The van der Waals surface area contributed by atoms with Gasteiger partial charge in [0, 0.05) is 10.6 Å². The third-order valence-electron chi connectivity index (χ3n) is 3.78. The Bertz CT molecular complexity index is 796. The zero-order valence-corrected chi connectivity index (χ0v) is 15.6. The molecule has 2 amide bonds. The molecule has 0 saturated carbocycles. The first kappa shape index (κ1) is 19.7. The second-order valence-electron chi connectivity index (χ2n) is 5.94. The van der Waals surface area contributed by atoms with Crippen LogP contribution in [0.25, 0.3) is 0 Å². The van der Waals surface area contributed by atoms with Gasteiger partial charge in [-0.1, -0.05) is 25.5 Å². The number of carbonyl (C=O) groups is 3. The molecule has 0 bridgehead atoms. The molecule has 0 aliphatic rings. The molecule has 2 rings (SSSR count). The van der Waals surface area contributed by atoms with Crippen LogP contribution in [0, 0.1) is 6.92 Å². The number of hydrogen-bond acceptors (Lipinski definition) is 4. The molecule has 0 saturated heterocycles. The van der Waals surface area contributed by atoms with E-state index in [9.17, 15) is 14.4 Å². The molecular weight excluding hydrogens is 352 g/mol. The molecule has 3 N–H and O–H groups in total. The molecule has 26 heavy (non-hydrogen) atoms. The SMILES string of the molecule is CCCc1cc(C(=O)Nc2ccc(CC(=O)NCC(=O)O)cc2)sc1C. The van der Waals surface area contributed by atoms with E-state index in [1.165, 1.54) is 21.8 Å². The van der Waals surface area contributed by atoms with Crippen LogP contribution in [0.15, 0.2) is 30.3 Å². The quantitative estimate of drug-likeness (QED) is 0.662. The van der Waals surface area contributed by atoms with Crippen molar-refractivity contribution in [3.05, 3.63) is 51.2 Å². The molecule has 0 aliphatic heterocycles. The number of nitrogens with one attached hydrogen (secondary N) is 2. The topological polar surface area (TPSA) is 95.5 Å². The summed E-state index contributed by atoms with van der Waals surface area (Å²) >= 11 is 1.49. The first-order valence-corrected chi connectivity index (χ1v) is 9.18. The summed E-state index contributed by atoms with van der Waals surface area (Å²) in [6, 6.07) is 8.87. The zero-order chi connectivity index (χ0) is 19.1. The van der Waals surface area contributed by atoms with Crippen molar-refractivity contribution in [2.24, 2.45) is 0 Å². The van der Waals surface area contributed by atoms with Crippen LogP contribution < -0.4 is 10.6 Å². The van der Waals surface area contributed by atoms with Crippen LogP contribution in [0.4, 0.5) is 5.69 Å². The summed E-state index contributed by atoms with van der Waals surface area (Å²) in [6.45, 7) is 3.74. The van der Waals surface area contributed by atoms with E-state index in [1.54, 1.807) is 24.3 Å². The van der Waals surface area contributed by atoms with Gasteiger partial charge in [-0.05, 0) is 42.7 Å². The Hall–Kier alpha value is -2.67. The Labute approximate surface area is 156 Å². The van der Waals surface area contributed by atoms with Crippen molar-refractivity contribution in [1.82, 2.24) is 5.32 Å². The van der Waals surface area contributed by atoms with E-state index in [0.717, 1.165) is 18.4 Å². The van der Waals surface area contributed by atoms with Gasteiger partial charge in [-0.25, -0.2) is 0 Å². The summed E-state index contributed by atoms with van der Waals surface area (Å²) in [6.07, 6.45) is 2.10. The largest absolute Gasteiger partial charge is 0.480 e. The minimum absolute atomic E-state index is 0.0893. The Kier molecular flexibility index (Phi) is 6.91. The van der Waals surface area contributed by atoms with Gasteiger partial charge in [-0.3, -0.25) is 14.4 Å². The summed E-state index contributed by atoms with van der Waals surface area (Å²) in [5.41, 5.74) is 2.60. The Balaban J connectivity index is 1.94. The first-order valence-electron chi connectivity index (χ1n) is 8.37. The zero-order valence-electron chi connectivity index (χ0n) is 14.8. The van der Waals surface area contributed by atoms with Crippen LogP contribution in [0.5, 0.6) is 0 Å². The maximum atomic E-state index is 12.4. The molecule has 1 aromatic carbocycles. The van der Waals surface area contributed by atoms with Crippen LogP contribution in [0.3, 0.4) is 0 Å². The average molecular weight is 374 g/mol. The molecule has 0 spiro atoms. The van der Waals surface area contributed by atoms with E-state index in [0.29, 0.717) is 10.6 Å². The highest BCUT2D eigenvalue weighted by Crippen LogP contribution is 2.24. The number of benzene rings is 1. The second kappa shape index (κ2) is 9.15. The lowest BCUT2D eigenvalue weighted by atomic mass is 10.1. The smallest absolute Gasteiger partial charge is 0.322 e. The predicted molar refractivity (Wildman–Crippen MR) is 102 cm³/mol. The highest BCUT2D eigenvalue weighted by atomic mass is 32.1. The number of thiophene rings is 1. The van der Waals surface area contributed by atoms with Crippen molar-refractivity contribution in [3.8, 4) is 0 Å². The van der Waals surface area contributed by atoms with Crippen molar-refractivity contribution >= 4 is 34.8 Å². The van der Waals surface area contributed by atoms with Crippen LogP contribution in [0.2, 0.25) is 0 Å². The van der Waals surface area contributed by atoms with Gasteiger partial charge in [0.1, 0.15) is 6.54 Å². The molecule has 1 heterocycles. The van der Waals surface area contributed by atoms with Gasteiger partial charge in [0.2, 0.25) is 5.91 Å². The maximum absolute atomic E-state index is 12.4. The normalized spacial score (nSPS) is 10.4. The van der Waals surface area contributed by atoms with Crippen molar-refractivity contribution in [2.45, 2.75) is 33.1 Å². The Morgan fingerprint density at radius 3 is 2.46 bits per heavy atom. The van der Waals surface area contributed by atoms with Gasteiger partial charge in [0.15, 0.2) is 0 Å². The monoisotopic (exact) mass is 374 g/mol. The van der Waals surface area contributed by atoms with E-state index in [2.05, 4.69) is 17.6 Å². The molecule has 0 fully saturated rings. The standard InChI is InChI=1S/C19H22N2O4S/c1-3-4-14-10-16(26-12(14)2)19(25)21-15-7-5-13(6-8-15)9-17(22)20-11-18(23)24/h5-8,10H,3-4,9,11H2,1-2H3,(H,20,22)(H,21,25)(H,23,24). The fourth-order valence-electron chi connectivity index (χ4n) is 2.47. The minimum atomic E-state index is -1.08. The van der Waals surface area contributed by atoms with Crippen LogP contribution in [-0.2, 0) is 22.4 Å². The number of amides is 2. The van der Waals surface area contributed by atoms with E-state index in [4.69, 9.17) is 5.11 Å². The lowest BCUT2D eigenvalue weighted by molar-refractivity contribution is -0.137. The number of aliphatic carboxylic acids is 1. The molecular formula is C19H22N2O4S. The average Bonchev–Trinajstić information content (AvgIpc) is 2.96. The number of hydrogen-bond donors (Lipinski definition) is 3. The fourth-order valence-corrected chi connectivity index (χ4v) is 3.44. The first-order chi connectivity index (χ1) is 12.4. The van der Waals surface area contributed by atoms with Crippen LogP contribution in [0.1, 0.15) is 39.0 Å². The van der Waals surface area contributed by atoms with Crippen LogP contribution in [-0.4, -0.2) is 29.4 Å². The third-order valence-corrected chi connectivity index (χ3v) is 4.87.